The predicted molar refractivity (Wildman–Crippen MR) is 212 cm³/mol. The summed E-state index contributed by atoms with van der Waals surface area (Å²) in [6.07, 6.45) is 0. The van der Waals surface area contributed by atoms with Gasteiger partial charge in [0.05, 0.1) is 0 Å². The summed E-state index contributed by atoms with van der Waals surface area (Å²) in [6, 6.07) is 60.1. The quantitative estimate of drug-likeness (QED) is 0.179. The minimum Gasteiger partial charge on any atom is -0.456 e. The van der Waals surface area contributed by atoms with E-state index in [1.807, 2.05) is 26.0 Å². The highest BCUT2D eigenvalue weighted by molar-refractivity contribution is 6.33. The van der Waals surface area contributed by atoms with Gasteiger partial charge in [0.25, 0.3) is 0 Å². The van der Waals surface area contributed by atoms with E-state index < -0.39 is 0 Å². The number of fused-ring (bicyclic) bond motifs is 5. The third-order valence-corrected chi connectivity index (χ3v) is 9.65. The molecular formula is C48H34O2. The topological polar surface area (TPSA) is 26.3 Å². The van der Waals surface area contributed by atoms with Gasteiger partial charge in [0, 0.05) is 32.7 Å². The molecule has 0 radical (unpaired) electrons. The van der Waals surface area contributed by atoms with Crippen molar-refractivity contribution in [1.82, 2.24) is 0 Å². The molecule has 10 aromatic rings. The maximum Gasteiger partial charge on any atom is 0.136 e. The summed E-state index contributed by atoms with van der Waals surface area (Å²) in [5, 5.41) is 9.07. The fourth-order valence-electron chi connectivity index (χ4n) is 7.66. The van der Waals surface area contributed by atoms with E-state index in [1.54, 1.807) is 0 Å². The van der Waals surface area contributed by atoms with Gasteiger partial charge in [-0.3, -0.25) is 0 Å². The molecule has 2 heteroatoms. The lowest BCUT2D eigenvalue weighted by Crippen LogP contribution is -1.97. The lowest BCUT2D eigenvalue weighted by atomic mass is 9.79. The van der Waals surface area contributed by atoms with E-state index in [-0.39, 0.29) is 0 Å². The first kappa shape index (κ1) is 29.7. The van der Waals surface area contributed by atoms with Crippen molar-refractivity contribution in [2.75, 3.05) is 0 Å². The number of hydrogen-bond donors (Lipinski definition) is 0. The summed E-state index contributed by atoms with van der Waals surface area (Å²) in [6.45, 7) is 4.00. The Morgan fingerprint density at radius 3 is 1.02 bits per heavy atom. The summed E-state index contributed by atoms with van der Waals surface area (Å²) in [5.74, 6) is 1.69. The van der Waals surface area contributed by atoms with Gasteiger partial charge in [-0.25, -0.2) is 0 Å². The molecule has 2 heterocycles. The first-order chi connectivity index (χ1) is 24.8. The molecule has 2 aromatic heterocycles. The van der Waals surface area contributed by atoms with Gasteiger partial charge in [-0.1, -0.05) is 159 Å². The summed E-state index contributed by atoms with van der Waals surface area (Å²) in [5.41, 5.74) is 8.58. The van der Waals surface area contributed by atoms with Crippen LogP contribution in [0.4, 0.5) is 0 Å². The Hall–Kier alpha value is -6.38. The molecule has 0 aliphatic carbocycles. The van der Waals surface area contributed by atoms with Crippen LogP contribution < -0.4 is 0 Å². The first-order valence-corrected chi connectivity index (χ1v) is 17.4. The van der Waals surface area contributed by atoms with Gasteiger partial charge in [-0.2, -0.15) is 0 Å². The van der Waals surface area contributed by atoms with E-state index in [1.165, 1.54) is 21.9 Å². The molecule has 0 aliphatic rings. The molecule has 50 heavy (non-hydrogen) atoms. The standard InChI is InChI=1S/C46H28O2.C2H6/c1-3-15-29(16-4-1)41-33-21-9-10-22-34(33)42(30-17-5-2-6-18-30)46-44(40-28-32-20-8-14-26-38(32)48-40)36-24-12-11-23-35(36)43(45(41)46)39-27-31-19-7-13-25-37(31)47-39;1-2/h1-28H;1-2H3. The van der Waals surface area contributed by atoms with Crippen molar-refractivity contribution in [3.8, 4) is 44.9 Å². The lowest BCUT2D eigenvalue weighted by molar-refractivity contribution is 0.631. The zero-order chi connectivity index (χ0) is 33.6. The maximum atomic E-state index is 6.79. The third kappa shape index (κ3) is 4.64. The van der Waals surface area contributed by atoms with Crippen LogP contribution in [0.3, 0.4) is 0 Å². The number of hydrogen-bond acceptors (Lipinski definition) is 2. The van der Waals surface area contributed by atoms with Crippen LogP contribution in [0.2, 0.25) is 0 Å². The molecule has 8 aromatic carbocycles. The average Bonchev–Trinajstić information content (AvgIpc) is 3.82. The molecule has 0 aliphatic heterocycles. The van der Waals surface area contributed by atoms with Crippen molar-refractivity contribution in [3.05, 3.63) is 170 Å². The van der Waals surface area contributed by atoms with E-state index in [0.29, 0.717) is 0 Å². The number of para-hydroxylation sites is 2. The first-order valence-electron chi connectivity index (χ1n) is 17.4. The highest BCUT2D eigenvalue weighted by atomic mass is 16.3. The molecule has 0 saturated carbocycles. The van der Waals surface area contributed by atoms with Crippen LogP contribution in [0.5, 0.6) is 0 Å². The minimum absolute atomic E-state index is 0.847. The number of rotatable bonds is 4. The molecule has 2 nitrogen and oxygen atoms in total. The van der Waals surface area contributed by atoms with Gasteiger partial charge >= 0.3 is 0 Å². The van der Waals surface area contributed by atoms with Gasteiger partial charge < -0.3 is 8.83 Å². The second kappa shape index (κ2) is 12.3. The van der Waals surface area contributed by atoms with Crippen LogP contribution in [0.25, 0.3) is 99.2 Å². The smallest absolute Gasteiger partial charge is 0.136 e. The zero-order valence-corrected chi connectivity index (χ0v) is 28.0. The molecule has 0 spiro atoms. The van der Waals surface area contributed by atoms with Crippen LogP contribution in [0.1, 0.15) is 13.8 Å². The molecule has 0 atom stereocenters. The summed E-state index contributed by atoms with van der Waals surface area (Å²) in [4.78, 5) is 0. The molecule has 0 N–H and O–H groups in total. The highest BCUT2D eigenvalue weighted by Crippen LogP contribution is 2.54. The maximum absolute atomic E-state index is 6.79. The van der Waals surface area contributed by atoms with E-state index in [2.05, 4.69) is 158 Å². The minimum atomic E-state index is 0.847. The van der Waals surface area contributed by atoms with Gasteiger partial charge in [-0.15, -0.1) is 0 Å². The fourth-order valence-corrected chi connectivity index (χ4v) is 7.66. The lowest BCUT2D eigenvalue weighted by Gasteiger charge is -2.23. The average molecular weight is 643 g/mol. The van der Waals surface area contributed by atoms with Gasteiger partial charge in [0.2, 0.25) is 0 Å². The van der Waals surface area contributed by atoms with Crippen molar-refractivity contribution in [2.24, 2.45) is 0 Å². The van der Waals surface area contributed by atoms with Crippen LogP contribution >= 0.6 is 0 Å². The third-order valence-electron chi connectivity index (χ3n) is 9.65. The van der Waals surface area contributed by atoms with E-state index in [4.69, 9.17) is 8.83 Å². The second-order valence-electron chi connectivity index (χ2n) is 12.4. The Kier molecular flexibility index (Phi) is 7.29. The summed E-state index contributed by atoms with van der Waals surface area (Å²) in [7, 11) is 0. The van der Waals surface area contributed by atoms with Crippen LogP contribution in [0.15, 0.2) is 179 Å². The summed E-state index contributed by atoms with van der Waals surface area (Å²) < 4.78 is 13.6. The monoisotopic (exact) mass is 642 g/mol. The van der Waals surface area contributed by atoms with E-state index in [9.17, 15) is 0 Å². The SMILES string of the molecule is CC.c1ccc(-c2c3ccccc3c(-c3ccccc3)c3c(-c4cc5ccccc5o4)c4ccccc4c(-c4cc5ccccc5o4)c23)cc1. The van der Waals surface area contributed by atoms with Crippen molar-refractivity contribution < 1.29 is 8.83 Å². The van der Waals surface area contributed by atoms with Gasteiger partial charge in [0.15, 0.2) is 0 Å². The van der Waals surface area contributed by atoms with Crippen LogP contribution in [-0.4, -0.2) is 0 Å². The van der Waals surface area contributed by atoms with E-state index in [0.717, 1.165) is 77.3 Å². The molecule has 10 rings (SSSR count). The van der Waals surface area contributed by atoms with Gasteiger partial charge in [0.1, 0.15) is 22.7 Å². The molecule has 0 saturated heterocycles. The van der Waals surface area contributed by atoms with Crippen molar-refractivity contribution in [2.45, 2.75) is 13.8 Å². The molecule has 0 fully saturated rings. The molecule has 238 valence electrons. The molecule has 0 bridgehead atoms. The molecule has 0 amide bonds. The zero-order valence-electron chi connectivity index (χ0n) is 28.0. The largest absolute Gasteiger partial charge is 0.456 e. The van der Waals surface area contributed by atoms with Gasteiger partial charge in [-0.05, 0) is 68.1 Å². The van der Waals surface area contributed by atoms with E-state index >= 15 is 0 Å². The Balaban J connectivity index is 0.00000165. The van der Waals surface area contributed by atoms with Crippen molar-refractivity contribution in [3.63, 3.8) is 0 Å². The number of benzene rings is 8. The molecular weight excluding hydrogens is 609 g/mol. The Morgan fingerprint density at radius 1 is 0.320 bits per heavy atom. The Bertz CT molecular complexity index is 2560. The number of furan rings is 2. The second-order valence-corrected chi connectivity index (χ2v) is 12.4. The van der Waals surface area contributed by atoms with Crippen LogP contribution in [-0.2, 0) is 0 Å². The summed E-state index contributed by atoms with van der Waals surface area (Å²) >= 11 is 0. The Labute approximate surface area is 290 Å². The predicted octanol–water partition coefficient (Wildman–Crippen LogP) is 14.3. The molecule has 0 unspecified atom stereocenters. The highest BCUT2D eigenvalue weighted by Gasteiger charge is 2.28. The normalized spacial score (nSPS) is 11.4. The van der Waals surface area contributed by atoms with Crippen molar-refractivity contribution in [1.29, 1.82) is 0 Å². The Morgan fingerprint density at radius 2 is 0.640 bits per heavy atom. The fraction of sp³-hybridized carbons (Fsp3) is 0.0417. The van der Waals surface area contributed by atoms with Crippen molar-refractivity contribution >= 4 is 54.3 Å². The van der Waals surface area contributed by atoms with Crippen LogP contribution in [0, 0.1) is 0 Å².